The highest BCUT2D eigenvalue weighted by Gasteiger charge is 2.23. The van der Waals surface area contributed by atoms with Crippen LogP contribution in [0.25, 0.3) is 11.0 Å². The van der Waals surface area contributed by atoms with Crippen molar-refractivity contribution in [3.8, 4) is 0 Å². The van der Waals surface area contributed by atoms with Gasteiger partial charge in [-0.1, -0.05) is 49.6 Å². The Balaban J connectivity index is 1.41. The van der Waals surface area contributed by atoms with E-state index < -0.39 is 0 Å². The molecule has 174 valence electrons. The summed E-state index contributed by atoms with van der Waals surface area (Å²) in [6.07, 6.45) is 7.33. The van der Waals surface area contributed by atoms with Crippen molar-refractivity contribution in [1.82, 2.24) is 19.8 Å². The molecule has 0 saturated heterocycles. The Labute approximate surface area is 196 Å². The number of nitrogens with one attached hydrogen (secondary N) is 1. The van der Waals surface area contributed by atoms with Gasteiger partial charge >= 0.3 is 0 Å². The summed E-state index contributed by atoms with van der Waals surface area (Å²) in [6.45, 7) is 2.81. The highest BCUT2D eigenvalue weighted by atomic mass is 16.2. The van der Waals surface area contributed by atoms with E-state index in [9.17, 15) is 9.59 Å². The van der Waals surface area contributed by atoms with Gasteiger partial charge in [-0.25, -0.2) is 4.98 Å². The van der Waals surface area contributed by atoms with Gasteiger partial charge in [0.2, 0.25) is 5.91 Å². The first-order chi connectivity index (χ1) is 16.0. The number of rotatable bonds is 8. The first-order valence-electron chi connectivity index (χ1n) is 12.1. The molecule has 1 N–H and O–H groups in total. The second-order valence-corrected chi connectivity index (χ2v) is 9.07. The predicted octanol–water partition coefficient (Wildman–Crippen LogP) is 4.50. The molecule has 1 fully saturated rings. The summed E-state index contributed by atoms with van der Waals surface area (Å²) in [5, 5.41) is 3.01. The third-order valence-corrected chi connectivity index (χ3v) is 6.80. The van der Waals surface area contributed by atoms with Crippen molar-refractivity contribution >= 4 is 22.8 Å². The van der Waals surface area contributed by atoms with E-state index >= 15 is 0 Å². The molecule has 1 aliphatic carbocycles. The third kappa shape index (κ3) is 5.44. The fourth-order valence-corrected chi connectivity index (χ4v) is 4.78. The lowest BCUT2D eigenvalue weighted by molar-refractivity contribution is -0.133. The Morgan fingerprint density at radius 1 is 1.06 bits per heavy atom. The highest BCUT2D eigenvalue weighted by molar-refractivity contribution is 5.95. The number of carbonyl (C=O) groups excluding carboxylic acids is 2. The van der Waals surface area contributed by atoms with Crippen LogP contribution < -0.4 is 5.32 Å². The van der Waals surface area contributed by atoms with Gasteiger partial charge < -0.3 is 14.8 Å². The molecule has 1 aliphatic rings. The summed E-state index contributed by atoms with van der Waals surface area (Å²) < 4.78 is 2.06. The first kappa shape index (κ1) is 23.0. The second kappa shape index (κ2) is 10.6. The van der Waals surface area contributed by atoms with Gasteiger partial charge in [-0.3, -0.25) is 9.59 Å². The minimum absolute atomic E-state index is 0.0501. The SMILES string of the molecule is Cc1ccccc1C(=O)NCCCc1nc2ccccc2n1CC(=O)N(C)C1CCCCC1. The molecule has 1 aromatic heterocycles. The van der Waals surface area contributed by atoms with E-state index in [-0.39, 0.29) is 11.8 Å². The lowest BCUT2D eigenvalue weighted by atomic mass is 9.94. The number of aromatic nitrogens is 2. The Morgan fingerprint density at radius 2 is 1.79 bits per heavy atom. The lowest BCUT2D eigenvalue weighted by Gasteiger charge is -2.31. The van der Waals surface area contributed by atoms with Crippen LogP contribution in [0.15, 0.2) is 48.5 Å². The Kier molecular flexibility index (Phi) is 7.43. The van der Waals surface area contributed by atoms with Crippen LogP contribution in [0.4, 0.5) is 0 Å². The molecular formula is C27H34N4O2. The first-order valence-corrected chi connectivity index (χ1v) is 12.1. The predicted molar refractivity (Wildman–Crippen MR) is 131 cm³/mol. The fraction of sp³-hybridized carbons (Fsp3) is 0.444. The normalized spacial score (nSPS) is 14.4. The maximum atomic E-state index is 13.1. The van der Waals surface area contributed by atoms with Crippen molar-refractivity contribution < 1.29 is 9.59 Å². The molecule has 0 bridgehead atoms. The molecule has 4 rings (SSSR count). The Morgan fingerprint density at radius 3 is 2.58 bits per heavy atom. The molecule has 2 aromatic carbocycles. The quantitative estimate of drug-likeness (QED) is 0.518. The number of likely N-dealkylation sites (N-methyl/N-ethyl adjacent to an activating group) is 1. The molecule has 3 aromatic rings. The number of amides is 2. The van der Waals surface area contributed by atoms with Crippen molar-refractivity contribution in [2.24, 2.45) is 0 Å². The molecule has 6 heteroatoms. The van der Waals surface area contributed by atoms with Gasteiger partial charge in [-0.2, -0.15) is 0 Å². The number of imidazole rings is 1. The van der Waals surface area contributed by atoms with Crippen molar-refractivity contribution in [3.05, 3.63) is 65.5 Å². The van der Waals surface area contributed by atoms with E-state index in [2.05, 4.69) is 9.88 Å². The van der Waals surface area contributed by atoms with Crippen LogP contribution in [0.1, 0.15) is 60.3 Å². The van der Waals surface area contributed by atoms with Crippen molar-refractivity contribution in [1.29, 1.82) is 0 Å². The topological polar surface area (TPSA) is 67.2 Å². The largest absolute Gasteiger partial charge is 0.352 e. The van der Waals surface area contributed by atoms with Crippen molar-refractivity contribution in [2.75, 3.05) is 13.6 Å². The molecule has 6 nitrogen and oxygen atoms in total. The molecule has 2 amide bonds. The van der Waals surface area contributed by atoms with E-state index in [1.54, 1.807) is 0 Å². The van der Waals surface area contributed by atoms with Gasteiger partial charge in [0.25, 0.3) is 5.91 Å². The molecule has 0 atom stereocenters. The van der Waals surface area contributed by atoms with Gasteiger partial charge in [-0.15, -0.1) is 0 Å². The highest BCUT2D eigenvalue weighted by Crippen LogP contribution is 2.23. The van der Waals surface area contributed by atoms with Crippen LogP contribution >= 0.6 is 0 Å². The van der Waals surface area contributed by atoms with Crippen molar-refractivity contribution in [3.63, 3.8) is 0 Å². The van der Waals surface area contributed by atoms with E-state index in [1.807, 2.05) is 67.4 Å². The molecule has 1 saturated carbocycles. The molecule has 33 heavy (non-hydrogen) atoms. The summed E-state index contributed by atoms with van der Waals surface area (Å²) in [5.41, 5.74) is 3.57. The van der Waals surface area contributed by atoms with Crippen LogP contribution in [0.3, 0.4) is 0 Å². The van der Waals surface area contributed by atoms with Crippen LogP contribution in [0.5, 0.6) is 0 Å². The van der Waals surface area contributed by atoms with Gasteiger partial charge in [0.05, 0.1) is 11.0 Å². The van der Waals surface area contributed by atoms with E-state index in [0.29, 0.717) is 31.1 Å². The van der Waals surface area contributed by atoms with E-state index in [1.165, 1.54) is 19.3 Å². The van der Waals surface area contributed by atoms with Crippen molar-refractivity contribution in [2.45, 2.75) is 64.5 Å². The zero-order valence-electron chi connectivity index (χ0n) is 19.7. The summed E-state index contributed by atoms with van der Waals surface area (Å²) in [4.78, 5) is 32.4. The molecule has 0 spiro atoms. The molecular weight excluding hydrogens is 412 g/mol. The number of hydrogen-bond acceptors (Lipinski definition) is 3. The maximum Gasteiger partial charge on any atom is 0.251 e. The van der Waals surface area contributed by atoms with E-state index in [0.717, 1.165) is 41.7 Å². The van der Waals surface area contributed by atoms with Gasteiger partial charge in [-0.05, 0) is 49.9 Å². The Hall–Kier alpha value is -3.15. The molecule has 0 aliphatic heterocycles. The average Bonchev–Trinajstić information content (AvgIpc) is 3.19. The van der Waals surface area contributed by atoms with Crippen LogP contribution in [-0.4, -0.2) is 45.9 Å². The third-order valence-electron chi connectivity index (χ3n) is 6.80. The number of nitrogens with zero attached hydrogens (tertiary/aromatic N) is 3. The second-order valence-electron chi connectivity index (χ2n) is 9.07. The van der Waals surface area contributed by atoms with Gasteiger partial charge in [0.1, 0.15) is 12.4 Å². The fourth-order valence-electron chi connectivity index (χ4n) is 4.78. The standard InChI is InChI=1S/C27H34N4O2/c1-20-11-6-7-14-22(20)27(33)28-18-10-17-25-29-23-15-8-9-16-24(23)31(25)19-26(32)30(2)21-12-4-3-5-13-21/h6-9,11,14-16,21H,3-5,10,12-13,17-19H2,1-2H3,(H,28,33). The maximum absolute atomic E-state index is 13.1. The summed E-state index contributed by atoms with van der Waals surface area (Å²) >= 11 is 0. The van der Waals surface area contributed by atoms with Gasteiger partial charge in [0, 0.05) is 31.6 Å². The molecule has 0 radical (unpaired) electrons. The Bertz CT molecular complexity index is 1110. The van der Waals surface area contributed by atoms with Crippen LogP contribution in [0.2, 0.25) is 0 Å². The minimum Gasteiger partial charge on any atom is -0.352 e. The smallest absolute Gasteiger partial charge is 0.251 e. The lowest BCUT2D eigenvalue weighted by Crippen LogP contribution is -2.40. The van der Waals surface area contributed by atoms with Crippen LogP contribution in [0, 0.1) is 6.92 Å². The molecule has 1 heterocycles. The summed E-state index contributed by atoms with van der Waals surface area (Å²) in [5.74, 6) is 0.983. The molecule has 0 unspecified atom stereocenters. The number of carbonyl (C=O) groups is 2. The number of aryl methyl sites for hydroxylation is 2. The number of fused-ring (bicyclic) bond motifs is 1. The zero-order valence-corrected chi connectivity index (χ0v) is 19.7. The number of hydrogen-bond donors (Lipinski definition) is 1. The van der Waals surface area contributed by atoms with Crippen LogP contribution in [-0.2, 0) is 17.8 Å². The van der Waals surface area contributed by atoms with E-state index in [4.69, 9.17) is 4.98 Å². The number of para-hydroxylation sites is 2. The average molecular weight is 447 g/mol. The summed E-state index contributed by atoms with van der Waals surface area (Å²) in [7, 11) is 1.94. The minimum atomic E-state index is -0.0501. The monoisotopic (exact) mass is 446 g/mol. The number of benzene rings is 2. The summed E-state index contributed by atoms with van der Waals surface area (Å²) in [6, 6.07) is 15.9. The van der Waals surface area contributed by atoms with Gasteiger partial charge in [0.15, 0.2) is 0 Å². The zero-order chi connectivity index (χ0) is 23.2.